The van der Waals surface area contributed by atoms with E-state index in [9.17, 15) is 0 Å². The van der Waals surface area contributed by atoms with E-state index in [2.05, 4.69) is 36.2 Å². The first-order valence-corrected chi connectivity index (χ1v) is 9.37. The van der Waals surface area contributed by atoms with Crippen molar-refractivity contribution >= 4 is 29.1 Å². The molecule has 1 aliphatic heterocycles. The van der Waals surface area contributed by atoms with Crippen molar-refractivity contribution in [2.24, 2.45) is 0 Å². The summed E-state index contributed by atoms with van der Waals surface area (Å²) >= 11 is 6.27. The SMILES string of the molecule is CNc1cc(C)nc(Nc2ccc(Cl)c(-n3cc([C@@H]4CCCN4)nn3)c2F)n1. The molecule has 146 valence electrons. The topological polar surface area (TPSA) is 92.6 Å². The van der Waals surface area contributed by atoms with Crippen LogP contribution in [0.3, 0.4) is 0 Å². The van der Waals surface area contributed by atoms with E-state index in [1.165, 1.54) is 4.68 Å². The summed E-state index contributed by atoms with van der Waals surface area (Å²) in [5, 5.41) is 17.7. The lowest BCUT2D eigenvalue weighted by molar-refractivity contribution is 0.610. The first-order valence-electron chi connectivity index (χ1n) is 8.99. The van der Waals surface area contributed by atoms with Crippen LogP contribution in [-0.2, 0) is 0 Å². The number of nitrogens with zero attached hydrogens (tertiary/aromatic N) is 5. The quantitative estimate of drug-likeness (QED) is 0.602. The third-order valence-corrected chi connectivity index (χ3v) is 4.89. The van der Waals surface area contributed by atoms with Gasteiger partial charge in [0, 0.05) is 18.8 Å². The van der Waals surface area contributed by atoms with Gasteiger partial charge in [-0.05, 0) is 38.4 Å². The molecular formula is C18H20ClFN8. The van der Waals surface area contributed by atoms with Crippen LogP contribution < -0.4 is 16.0 Å². The molecule has 1 aliphatic rings. The fourth-order valence-corrected chi connectivity index (χ4v) is 3.44. The van der Waals surface area contributed by atoms with Gasteiger partial charge in [0.1, 0.15) is 17.2 Å². The van der Waals surface area contributed by atoms with E-state index in [1.807, 2.05) is 6.92 Å². The first-order chi connectivity index (χ1) is 13.5. The lowest BCUT2D eigenvalue weighted by atomic mass is 10.2. The van der Waals surface area contributed by atoms with Crippen molar-refractivity contribution in [3.8, 4) is 5.69 Å². The molecule has 0 aliphatic carbocycles. The van der Waals surface area contributed by atoms with E-state index in [0.717, 1.165) is 30.8 Å². The molecule has 0 bridgehead atoms. The second-order valence-corrected chi connectivity index (χ2v) is 6.99. The van der Waals surface area contributed by atoms with Crippen molar-refractivity contribution in [2.75, 3.05) is 24.2 Å². The number of halogens is 2. The van der Waals surface area contributed by atoms with E-state index in [1.54, 1.807) is 31.4 Å². The largest absolute Gasteiger partial charge is 0.373 e. The highest BCUT2D eigenvalue weighted by Crippen LogP contribution is 2.31. The van der Waals surface area contributed by atoms with Gasteiger partial charge in [0.15, 0.2) is 5.82 Å². The summed E-state index contributed by atoms with van der Waals surface area (Å²) in [6, 6.07) is 5.08. The highest BCUT2D eigenvalue weighted by Gasteiger charge is 2.22. The molecule has 3 heterocycles. The molecule has 8 nitrogen and oxygen atoms in total. The monoisotopic (exact) mass is 402 g/mol. The van der Waals surface area contributed by atoms with Crippen molar-refractivity contribution in [1.82, 2.24) is 30.3 Å². The summed E-state index contributed by atoms with van der Waals surface area (Å²) in [6.07, 6.45) is 3.77. The van der Waals surface area contributed by atoms with Gasteiger partial charge in [0.05, 0.1) is 22.9 Å². The van der Waals surface area contributed by atoms with Crippen LogP contribution in [-0.4, -0.2) is 38.6 Å². The second-order valence-electron chi connectivity index (χ2n) is 6.59. The molecule has 0 amide bonds. The maximum Gasteiger partial charge on any atom is 0.229 e. The summed E-state index contributed by atoms with van der Waals surface area (Å²) < 4.78 is 16.6. The Morgan fingerprint density at radius 3 is 2.93 bits per heavy atom. The Morgan fingerprint density at radius 2 is 2.18 bits per heavy atom. The van der Waals surface area contributed by atoms with Crippen LogP contribution in [0.1, 0.15) is 30.3 Å². The molecule has 1 saturated heterocycles. The van der Waals surface area contributed by atoms with Gasteiger partial charge in [-0.25, -0.2) is 14.1 Å². The first kappa shape index (κ1) is 18.6. The molecule has 0 spiro atoms. The Balaban J connectivity index is 1.67. The van der Waals surface area contributed by atoms with Crippen LogP contribution >= 0.6 is 11.6 Å². The molecule has 10 heteroatoms. The second kappa shape index (κ2) is 7.69. The summed E-state index contributed by atoms with van der Waals surface area (Å²) in [7, 11) is 1.76. The summed E-state index contributed by atoms with van der Waals surface area (Å²) in [5.41, 5.74) is 1.85. The molecule has 1 aromatic carbocycles. The summed E-state index contributed by atoms with van der Waals surface area (Å²) in [5.74, 6) is 0.361. The lowest BCUT2D eigenvalue weighted by Gasteiger charge is -2.12. The van der Waals surface area contributed by atoms with Gasteiger partial charge < -0.3 is 16.0 Å². The number of aromatic nitrogens is 5. The number of benzene rings is 1. The van der Waals surface area contributed by atoms with Crippen LogP contribution in [0.15, 0.2) is 24.4 Å². The molecule has 1 atom stereocenters. The Morgan fingerprint density at radius 1 is 1.32 bits per heavy atom. The van der Waals surface area contributed by atoms with Crippen molar-refractivity contribution < 1.29 is 4.39 Å². The van der Waals surface area contributed by atoms with Gasteiger partial charge in [-0.1, -0.05) is 16.8 Å². The van der Waals surface area contributed by atoms with Crippen molar-refractivity contribution in [2.45, 2.75) is 25.8 Å². The van der Waals surface area contributed by atoms with Gasteiger partial charge in [-0.15, -0.1) is 5.10 Å². The number of hydrogen-bond acceptors (Lipinski definition) is 7. The number of anilines is 3. The number of rotatable bonds is 5. The van der Waals surface area contributed by atoms with E-state index in [0.29, 0.717) is 5.82 Å². The van der Waals surface area contributed by atoms with Crippen LogP contribution in [0.4, 0.5) is 21.8 Å². The highest BCUT2D eigenvalue weighted by molar-refractivity contribution is 6.32. The minimum Gasteiger partial charge on any atom is -0.373 e. The van der Waals surface area contributed by atoms with E-state index >= 15 is 4.39 Å². The third-order valence-electron chi connectivity index (χ3n) is 4.58. The minimum atomic E-state index is -0.556. The van der Waals surface area contributed by atoms with Crippen molar-refractivity contribution in [3.05, 3.63) is 46.6 Å². The normalized spacial score (nSPS) is 16.4. The fraction of sp³-hybridized carbons (Fsp3) is 0.333. The van der Waals surface area contributed by atoms with E-state index in [-0.39, 0.29) is 28.4 Å². The zero-order valence-corrected chi connectivity index (χ0v) is 16.3. The minimum absolute atomic E-state index is 0.130. The lowest BCUT2D eigenvalue weighted by Crippen LogP contribution is -2.13. The standard InChI is InChI=1S/C18H20ClFN8/c1-10-8-15(21-2)25-18(23-10)24-13-6-5-11(19)17(16(13)20)28-9-14(26-27-28)12-4-3-7-22-12/h5-6,8-9,12,22H,3-4,7H2,1-2H3,(H2,21,23,24,25)/t12-/m0/s1. The predicted molar refractivity (Wildman–Crippen MR) is 106 cm³/mol. The zero-order chi connectivity index (χ0) is 19.7. The molecule has 3 aromatic rings. The average molecular weight is 403 g/mol. The molecular weight excluding hydrogens is 383 g/mol. The zero-order valence-electron chi connectivity index (χ0n) is 15.5. The molecule has 2 aromatic heterocycles. The van der Waals surface area contributed by atoms with Crippen LogP contribution in [0.2, 0.25) is 5.02 Å². The molecule has 28 heavy (non-hydrogen) atoms. The maximum atomic E-state index is 15.3. The van der Waals surface area contributed by atoms with Gasteiger partial charge in [0.2, 0.25) is 5.95 Å². The average Bonchev–Trinajstić information content (AvgIpc) is 3.35. The van der Waals surface area contributed by atoms with Gasteiger partial charge in [-0.3, -0.25) is 0 Å². The molecule has 4 rings (SSSR count). The summed E-state index contributed by atoms with van der Waals surface area (Å²) in [4.78, 5) is 8.59. The Bertz CT molecular complexity index is 999. The van der Waals surface area contributed by atoms with E-state index < -0.39 is 5.82 Å². The van der Waals surface area contributed by atoms with Crippen molar-refractivity contribution in [1.29, 1.82) is 0 Å². The van der Waals surface area contributed by atoms with Crippen molar-refractivity contribution in [3.63, 3.8) is 0 Å². The molecule has 0 radical (unpaired) electrons. The molecule has 3 N–H and O–H groups in total. The highest BCUT2D eigenvalue weighted by atomic mass is 35.5. The van der Waals surface area contributed by atoms with Crippen LogP contribution in [0, 0.1) is 12.7 Å². The third kappa shape index (κ3) is 3.63. The van der Waals surface area contributed by atoms with Gasteiger partial charge >= 0.3 is 0 Å². The molecule has 1 fully saturated rings. The number of hydrogen-bond donors (Lipinski definition) is 3. The fourth-order valence-electron chi connectivity index (χ4n) is 3.20. The smallest absolute Gasteiger partial charge is 0.229 e. The predicted octanol–water partition coefficient (Wildman–Crippen LogP) is 3.37. The Labute approximate surface area is 166 Å². The van der Waals surface area contributed by atoms with Crippen LogP contribution in [0.5, 0.6) is 0 Å². The van der Waals surface area contributed by atoms with Crippen LogP contribution in [0.25, 0.3) is 5.69 Å². The van der Waals surface area contributed by atoms with E-state index in [4.69, 9.17) is 11.6 Å². The number of nitrogens with one attached hydrogen (secondary N) is 3. The number of aryl methyl sites for hydroxylation is 1. The summed E-state index contributed by atoms with van der Waals surface area (Å²) in [6.45, 7) is 2.78. The van der Waals surface area contributed by atoms with Gasteiger partial charge in [0.25, 0.3) is 0 Å². The molecule has 0 unspecified atom stereocenters. The Kier molecular flexibility index (Phi) is 5.10. The maximum absolute atomic E-state index is 15.3. The Hall–Kier alpha value is -2.78. The molecule has 0 saturated carbocycles. The van der Waals surface area contributed by atoms with Gasteiger partial charge in [-0.2, -0.15) is 4.98 Å².